The molecule has 2 heterocycles. The summed E-state index contributed by atoms with van der Waals surface area (Å²) in [7, 11) is 0. The van der Waals surface area contributed by atoms with Crippen molar-refractivity contribution in [3.63, 3.8) is 0 Å². The number of ether oxygens (including phenoxy) is 1. The lowest BCUT2D eigenvalue weighted by molar-refractivity contribution is 0.0505. The third kappa shape index (κ3) is 4.62. The van der Waals surface area contributed by atoms with Gasteiger partial charge >= 0.3 is 6.09 Å². The highest BCUT2D eigenvalue weighted by Crippen LogP contribution is 2.15. The summed E-state index contributed by atoms with van der Waals surface area (Å²) < 4.78 is 6.71. The SMILES string of the molecule is Cc1nc([C@H](C)NC(=O)OC(C)(C)C)n(-c2ncc(Cl)cn2)n1. The van der Waals surface area contributed by atoms with E-state index in [4.69, 9.17) is 16.3 Å². The number of alkyl carbamates (subject to hydrolysis) is 1. The van der Waals surface area contributed by atoms with Crippen LogP contribution in [-0.2, 0) is 4.74 Å². The second-order valence-corrected chi connectivity index (χ2v) is 6.43. The van der Waals surface area contributed by atoms with Gasteiger partial charge in [-0.2, -0.15) is 4.68 Å². The molecule has 0 aromatic carbocycles. The smallest absolute Gasteiger partial charge is 0.408 e. The first-order valence-electron chi connectivity index (χ1n) is 7.07. The molecular weight excluding hydrogens is 320 g/mol. The van der Waals surface area contributed by atoms with Crippen LogP contribution in [0.4, 0.5) is 4.79 Å². The number of carbonyl (C=O) groups excluding carboxylic acids is 1. The second kappa shape index (κ2) is 6.49. The minimum atomic E-state index is -0.577. The molecule has 23 heavy (non-hydrogen) atoms. The van der Waals surface area contributed by atoms with Crippen molar-refractivity contribution in [3.05, 3.63) is 29.1 Å². The van der Waals surface area contributed by atoms with E-state index in [-0.39, 0.29) is 0 Å². The largest absolute Gasteiger partial charge is 0.444 e. The number of aromatic nitrogens is 5. The zero-order chi connectivity index (χ0) is 17.2. The molecule has 2 aromatic rings. The van der Waals surface area contributed by atoms with Crippen molar-refractivity contribution < 1.29 is 9.53 Å². The quantitative estimate of drug-likeness (QED) is 0.924. The van der Waals surface area contributed by atoms with Crippen molar-refractivity contribution in [2.75, 3.05) is 0 Å². The average molecular weight is 339 g/mol. The molecule has 9 heteroatoms. The van der Waals surface area contributed by atoms with E-state index >= 15 is 0 Å². The number of carbonyl (C=O) groups is 1. The highest BCUT2D eigenvalue weighted by Gasteiger charge is 2.22. The molecule has 2 rings (SSSR count). The van der Waals surface area contributed by atoms with Gasteiger partial charge in [-0.25, -0.2) is 19.7 Å². The van der Waals surface area contributed by atoms with Crippen LogP contribution in [0.2, 0.25) is 5.02 Å². The van der Waals surface area contributed by atoms with Gasteiger partial charge < -0.3 is 10.1 Å². The van der Waals surface area contributed by atoms with Gasteiger partial charge in [0.25, 0.3) is 5.95 Å². The van der Waals surface area contributed by atoms with Gasteiger partial charge in [0.05, 0.1) is 23.5 Å². The summed E-state index contributed by atoms with van der Waals surface area (Å²) in [6, 6.07) is -0.440. The van der Waals surface area contributed by atoms with Gasteiger partial charge in [0.15, 0.2) is 5.82 Å². The average Bonchev–Trinajstić information content (AvgIpc) is 2.79. The Morgan fingerprint density at radius 2 is 1.96 bits per heavy atom. The predicted molar refractivity (Wildman–Crippen MR) is 84.5 cm³/mol. The van der Waals surface area contributed by atoms with Crippen molar-refractivity contribution in [1.29, 1.82) is 0 Å². The summed E-state index contributed by atoms with van der Waals surface area (Å²) in [6.45, 7) is 8.91. The minimum absolute atomic E-state index is 0.322. The normalized spacial score (nSPS) is 12.8. The summed E-state index contributed by atoms with van der Waals surface area (Å²) in [6.07, 6.45) is 2.40. The molecule has 0 aliphatic carbocycles. The number of hydrogen-bond acceptors (Lipinski definition) is 6. The van der Waals surface area contributed by atoms with E-state index in [9.17, 15) is 4.79 Å². The molecule has 0 saturated heterocycles. The van der Waals surface area contributed by atoms with Crippen LogP contribution >= 0.6 is 11.6 Å². The Kier molecular flexibility index (Phi) is 4.84. The Balaban J connectivity index is 2.22. The Morgan fingerprint density at radius 1 is 1.35 bits per heavy atom. The van der Waals surface area contributed by atoms with Gasteiger partial charge in [-0.3, -0.25) is 0 Å². The Hall–Kier alpha value is -2.22. The summed E-state index contributed by atoms with van der Waals surface area (Å²) in [5.41, 5.74) is -0.577. The zero-order valence-corrected chi connectivity index (χ0v) is 14.4. The molecule has 0 aliphatic heterocycles. The topological polar surface area (TPSA) is 94.8 Å². The second-order valence-electron chi connectivity index (χ2n) is 6.00. The maximum Gasteiger partial charge on any atom is 0.408 e. The first-order valence-corrected chi connectivity index (χ1v) is 7.44. The van der Waals surface area contributed by atoms with Crippen LogP contribution in [0.5, 0.6) is 0 Å². The molecular formula is C14H19ClN6O2. The molecule has 1 atom stereocenters. The van der Waals surface area contributed by atoms with Gasteiger partial charge in [0.2, 0.25) is 0 Å². The maximum atomic E-state index is 11.9. The Morgan fingerprint density at radius 3 is 2.52 bits per heavy atom. The van der Waals surface area contributed by atoms with E-state index in [1.807, 2.05) is 0 Å². The number of nitrogens with zero attached hydrogens (tertiary/aromatic N) is 5. The van der Waals surface area contributed by atoms with Crippen LogP contribution in [0, 0.1) is 6.92 Å². The van der Waals surface area contributed by atoms with Crippen molar-refractivity contribution in [1.82, 2.24) is 30.0 Å². The minimum Gasteiger partial charge on any atom is -0.444 e. The summed E-state index contributed by atoms with van der Waals surface area (Å²) in [5, 5.41) is 7.40. The molecule has 0 aliphatic rings. The number of rotatable bonds is 3. The molecule has 1 N–H and O–H groups in total. The van der Waals surface area contributed by atoms with Gasteiger partial charge in [-0.15, -0.1) is 5.10 Å². The van der Waals surface area contributed by atoms with Crippen LogP contribution in [0.1, 0.15) is 45.4 Å². The monoisotopic (exact) mass is 338 g/mol. The molecule has 0 spiro atoms. The standard InChI is InChI=1S/C14H19ClN6O2/c1-8(18-13(22)23-14(3,4)5)11-19-9(2)20-21(11)12-16-6-10(15)7-17-12/h6-8H,1-5H3,(H,18,22)/t8-/m0/s1. The predicted octanol–water partition coefficient (Wildman–Crippen LogP) is 2.60. The third-order valence-corrected chi connectivity index (χ3v) is 2.85. The summed E-state index contributed by atoms with van der Waals surface area (Å²) >= 11 is 5.79. The third-order valence-electron chi connectivity index (χ3n) is 2.65. The van der Waals surface area contributed by atoms with Gasteiger partial charge in [0, 0.05) is 0 Å². The van der Waals surface area contributed by atoms with E-state index in [1.165, 1.54) is 17.1 Å². The molecule has 0 saturated carbocycles. The van der Waals surface area contributed by atoms with Crippen molar-refractivity contribution in [2.45, 2.75) is 46.3 Å². The fourth-order valence-corrected chi connectivity index (χ4v) is 1.92. The maximum absolute atomic E-state index is 11.9. The van der Waals surface area contributed by atoms with E-state index in [0.29, 0.717) is 22.6 Å². The van der Waals surface area contributed by atoms with Gasteiger partial charge in [0.1, 0.15) is 11.4 Å². The van der Waals surface area contributed by atoms with Crippen molar-refractivity contribution in [3.8, 4) is 5.95 Å². The first-order chi connectivity index (χ1) is 10.7. The number of amides is 1. The highest BCUT2D eigenvalue weighted by atomic mass is 35.5. The first kappa shape index (κ1) is 17.1. The Labute approximate surface area is 139 Å². The number of halogens is 1. The number of aryl methyl sites for hydroxylation is 1. The number of hydrogen-bond donors (Lipinski definition) is 1. The molecule has 8 nitrogen and oxygen atoms in total. The van der Waals surface area contributed by atoms with Gasteiger partial charge in [-0.1, -0.05) is 11.6 Å². The molecule has 0 bridgehead atoms. The van der Waals surface area contributed by atoms with Crippen LogP contribution < -0.4 is 5.32 Å². The summed E-state index contributed by atoms with van der Waals surface area (Å²) in [4.78, 5) is 24.5. The lowest BCUT2D eigenvalue weighted by Gasteiger charge is -2.21. The van der Waals surface area contributed by atoms with Crippen LogP contribution in [0.25, 0.3) is 5.95 Å². The zero-order valence-electron chi connectivity index (χ0n) is 13.7. The molecule has 0 radical (unpaired) electrons. The fraction of sp³-hybridized carbons (Fsp3) is 0.500. The molecule has 1 amide bonds. The molecule has 124 valence electrons. The summed E-state index contributed by atoms with van der Waals surface area (Å²) in [5.74, 6) is 1.36. The number of nitrogens with one attached hydrogen (secondary N) is 1. The molecule has 2 aromatic heterocycles. The molecule has 0 unspecified atom stereocenters. The highest BCUT2D eigenvalue weighted by molar-refractivity contribution is 6.30. The molecule has 0 fully saturated rings. The van der Waals surface area contributed by atoms with Crippen LogP contribution in [0.15, 0.2) is 12.4 Å². The van der Waals surface area contributed by atoms with E-state index in [1.54, 1.807) is 34.6 Å². The van der Waals surface area contributed by atoms with Crippen molar-refractivity contribution in [2.24, 2.45) is 0 Å². The van der Waals surface area contributed by atoms with Gasteiger partial charge in [-0.05, 0) is 34.6 Å². The van der Waals surface area contributed by atoms with Crippen LogP contribution in [-0.4, -0.2) is 36.4 Å². The lowest BCUT2D eigenvalue weighted by atomic mass is 10.2. The fourth-order valence-electron chi connectivity index (χ4n) is 1.82. The van der Waals surface area contributed by atoms with E-state index in [0.717, 1.165) is 0 Å². The lowest BCUT2D eigenvalue weighted by Crippen LogP contribution is -2.35. The van der Waals surface area contributed by atoms with E-state index < -0.39 is 17.7 Å². The Bertz CT molecular complexity index is 692. The van der Waals surface area contributed by atoms with Crippen molar-refractivity contribution >= 4 is 17.7 Å². The van der Waals surface area contributed by atoms with E-state index in [2.05, 4.69) is 25.4 Å². The van der Waals surface area contributed by atoms with Crippen LogP contribution in [0.3, 0.4) is 0 Å².